The second-order valence-electron chi connectivity index (χ2n) is 4.11. The fraction of sp³-hybridized carbons (Fsp3) is 0.500. The highest BCUT2D eigenvalue weighted by molar-refractivity contribution is 5.81. The highest BCUT2D eigenvalue weighted by atomic mass is 19.1. The normalized spacial score (nSPS) is 16.9. The van der Waals surface area contributed by atoms with Gasteiger partial charge in [-0.15, -0.1) is 0 Å². The van der Waals surface area contributed by atoms with Crippen LogP contribution in [0.3, 0.4) is 0 Å². The first kappa shape index (κ1) is 11.8. The van der Waals surface area contributed by atoms with Gasteiger partial charge in [0, 0.05) is 13.1 Å². The minimum Gasteiger partial charge on any atom is -0.479 e. The first-order valence-electron chi connectivity index (χ1n) is 5.74. The third-order valence-electron chi connectivity index (χ3n) is 2.78. The number of aromatic nitrogens is 1. The lowest BCUT2D eigenvalue weighted by atomic mass is 10.3. The molecule has 4 nitrogen and oxygen atoms in total. The van der Waals surface area contributed by atoms with E-state index in [9.17, 15) is 9.18 Å². The molecule has 1 fully saturated rings. The number of halogens is 1. The molecule has 0 saturated carbocycles. The molecule has 1 atom stereocenters. The number of nitrogens with zero attached hydrogens (tertiary/aromatic N) is 2. The molecule has 0 radical (unpaired) electrons. The third kappa shape index (κ3) is 2.93. The Balaban J connectivity index is 1.93. The molecular weight excluding hydrogens is 223 g/mol. The second kappa shape index (κ2) is 5.12. The van der Waals surface area contributed by atoms with Gasteiger partial charge in [-0.3, -0.25) is 4.79 Å². The summed E-state index contributed by atoms with van der Waals surface area (Å²) in [5, 5.41) is 0. The van der Waals surface area contributed by atoms with Crippen molar-refractivity contribution in [3.63, 3.8) is 0 Å². The number of pyridine rings is 1. The maximum atomic E-state index is 12.6. The zero-order valence-corrected chi connectivity index (χ0v) is 9.73. The zero-order chi connectivity index (χ0) is 12.3. The van der Waals surface area contributed by atoms with E-state index in [0.29, 0.717) is 5.75 Å². The van der Waals surface area contributed by atoms with Crippen molar-refractivity contribution in [2.75, 3.05) is 13.1 Å². The van der Waals surface area contributed by atoms with E-state index < -0.39 is 12.1 Å². The second-order valence-corrected chi connectivity index (χ2v) is 4.11. The first-order valence-corrected chi connectivity index (χ1v) is 5.74. The van der Waals surface area contributed by atoms with Crippen LogP contribution in [0.4, 0.5) is 4.39 Å². The predicted octanol–water partition coefficient (Wildman–Crippen LogP) is 1.61. The van der Waals surface area contributed by atoms with E-state index in [1.165, 1.54) is 18.3 Å². The van der Waals surface area contributed by atoms with Gasteiger partial charge in [0.2, 0.25) is 5.95 Å². The van der Waals surface area contributed by atoms with Crippen molar-refractivity contribution in [3.05, 3.63) is 24.3 Å². The molecule has 0 aromatic carbocycles. The topological polar surface area (TPSA) is 42.4 Å². The van der Waals surface area contributed by atoms with Crippen LogP contribution in [-0.2, 0) is 4.79 Å². The van der Waals surface area contributed by atoms with Crippen LogP contribution in [0.2, 0.25) is 0 Å². The van der Waals surface area contributed by atoms with Crippen molar-refractivity contribution < 1.29 is 13.9 Å². The largest absolute Gasteiger partial charge is 0.479 e. The lowest BCUT2D eigenvalue weighted by molar-refractivity contribution is -0.136. The fourth-order valence-corrected chi connectivity index (χ4v) is 1.88. The summed E-state index contributed by atoms with van der Waals surface area (Å²) in [6.45, 7) is 3.30. The van der Waals surface area contributed by atoms with E-state index in [4.69, 9.17) is 4.74 Å². The van der Waals surface area contributed by atoms with Crippen LogP contribution in [0.15, 0.2) is 18.3 Å². The highest BCUT2D eigenvalue weighted by Crippen LogP contribution is 2.14. The molecule has 1 unspecified atom stereocenters. The monoisotopic (exact) mass is 238 g/mol. The molecule has 1 aliphatic rings. The lowest BCUT2D eigenvalue weighted by Crippen LogP contribution is -2.38. The van der Waals surface area contributed by atoms with Gasteiger partial charge < -0.3 is 9.64 Å². The standard InChI is InChI=1S/C12H15FN2O2/c1-9(12(16)15-6-2-3-7-15)17-10-4-5-11(13)14-8-10/h4-5,8-9H,2-3,6-7H2,1H3. The van der Waals surface area contributed by atoms with E-state index in [2.05, 4.69) is 4.98 Å². The molecule has 5 heteroatoms. The fourth-order valence-electron chi connectivity index (χ4n) is 1.88. The number of hydrogen-bond donors (Lipinski definition) is 0. The van der Waals surface area contributed by atoms with Gasteiger partial charge in [-0.25, -0.2) is 4.98 Å². The summed E-state index contributed by atoms with van der Waals surface area (Å²) in [6.07, 6.45) is 2.83. The summed E-state index contributed by atoms with van der Waals surface area (Å²) in [6, 6.07) is 2.68. The van der Waals surface area contributed by atoms with E-state index in [-0.39, 0.29) is 5.91 Å². The van der Waals surface area contributed by atoms with Gasteiger partial charge in [-0.2, -0.15) is 4.39 Å². The molecular formula is C12H15FN2O2. The van der Waals surface area contributed by atoms with Crippen molar-refractivity contribution in [1.82, 2.24) is 9.88 Å². The Labute approximate surface area is 99.4 Å². The summed E-state index contributed by atoms with van der Waals surface area (Å²) in [4.78, 5) is 17.2. The summed E-state index contributed by atoms with van der Waals surface area (Å²) in [7, 11) is 0. The predicted molar refractivity (Wildman–Crippen MR) is 60.1 cm³/mol. The molecule has 92 valence electrons. The summed E-state index contributed by atoms with van der Waals surface area (Å²) < 4.78 is 18.0. The Morgan fingerprint density at radius 2 is 2.18 bits per heavy atom. The number of amides is 1. The smallest absolute Gasteiger partial charge is 0.263 e. The maximum Gasteiger partial charge on any atom is 0.263 e. The Kier molecular flexibility index (Phi) is 3.56. The van der Waals surface area contributed by atoms with Crippen molar-refractivity contribution in [2.45, 2.75) is 25.9 Å². The zero-order valence-electron chi connectivity index (χ0n) is 9.73. The Bertz CT molecular complexity index is 388. The van der Waals surface area contributed by atoms with Crippen molar-refractivity contribution in [2.24, 2.45) is 0 Å². The number of carbonyl (C=O) groups excluding carboxylic acids is 1. The third-order valence-corrected chi connectivity index (χ3v) is 2.78. The van der Waals surface area contributed by atoms with Crippen LogP contribution < -0.4 is 4.74 Å². The Morgan fingerprint density at radius 1 is 1.47 bits per heavy atom. The van der Waals surface area contributed by atoms with Gasteiger partial charge in [0.15, 0.2) is 6.10 Å². The molecule has 1 aliphatic heterocycles. The van der Waals surface area contributed by atoms with E-state index in [0.717, 1.165) is 25.9 Å². The van der Waals surface area contributed by atoms with E-state index in [1.807, 2.05) is 0 Å². The number of hydrogen-bond acceptors (Lipinski definition) is 3. The first-order chi connectivity index (χ1) is 8.16. The molecule has 0 aliphatic carbocycles. The molecule has 2 rings (SSSR count). The molecule has 0 spiro atoms. The van der Waals surface area contributed by atoms with Gasteiger partial charge in [-0.1, -0.05) is 0 Å². The van der Waals surface area contributed by atoms with Gasteiger partial charge in [0.1, 0.15) is 5.75 Å². The summed E-state index contributed by atoms with van der Waals surface area (Å²) in [5.41, 5.74) is 0. The van der Waals surface area contributed by atoms with Crippen LogP contribution in [0.1, 0.15) is 19.8 Å². The number of rotatable bonds is 3. The minimum atomic E-state index is -0.559. The average molecular weight is 238 g/mol. The van der Waals surface area contributed by atoms with Gasteiger partial charge in [-0.05, 0) is 31.9 Å². The molecule has 2 heterocycles. The Morgan fingerprint density at radius 3 is 2.76 bits per heavy atom. The molecule has 1 saturated heterocycles. The number of carbonyl (C=O) groups is 1. The van der Waals surface area contributed by atoms with E-state index >= 15 is 0 Å². The lowest BCUT2D eigenvalue weighted by Gasteiger charge is -2.20. The molecule has 1 aromatic rings. The van der Waals surface area contributed by atoms with Gasteiger partial charge in [0.25, 0.3) is 5.91 Å². The van der Waals surface area contributed by atoms with E-state index in [1.54, 1.807) is 11.8 Å². The number of ether oxygens (including phenoxy) is 1. The molecule has 1 aromatic heterocycles. The van der Waals surface area contributed by atoms with Crippen LogP contribution >= 0.6 is 0 Å². The highest BCUT2D eigenvalue weighted by Gasteiger charge is 2.24. The van der Waals surface area contributed by atoms with Crippen LogP contribution in [-0.4, -0.2) is 35.0 Å². The number of likely N-dealkylation sites (tertiary alicyclic amines) is 1. The average Bonchev–Trinajstić information content (AvgIpc) is 2.84. The minimum absolute atomic E-state index is 0.0215. The van der Waals surface area contributed by atoms with Crippen molar-refractivity contribution in [1.29, 1.82) is 0 Å². The van der Waals surface area contributed by atoms with Crippen LogP contribution in [0.25, 0.3) is 0 Å². The van der Waals surface area contributed by atoms with Crippen LogP contribution in [0.5, 0.6) is 5.75 Å². The SMILES string of the molecule is CC(Oc1ccc(F)nc1)C(=O)N1CCCC1. The van der Waals surface area contributed by atoms with Crippen LogP contribution in [0, 0.1) is 5.95 Å². The quantitative estimate of drug-likeness (QED) is 0.751. The molecule has 0 bridgehead atoms. The summed E-state index contributed by atoms with van der Waals surface area (Å²) >= 11 is 0. The maximum absolute atomic E-state index is 12.6. The van der Waals surface area contributed by atoms with Crippen molar-refractivity contribution >= 4 is 5.91 Å². The molecule has 17 heavy (non-hydrogen) atoms. The molecule has 0 N–H and O–H groups in total. The van der Waals surface area contributed by atoms with Crippen molar-refractivity contribution in [3.8, 4) is 5.75 Å². The summed E-state index contributed by atoms with van der Waals surface area (Å²) in [5.74, 6) is -0.172. The van der Waals surface area contributed by atoms with Gasteiger partial charge >= 0.3 is 0 Å². The van der Waals surface area contributed by atoms with Gasteiger partial charge in [0.05, 0.1) is 6.20 Å². The molecule has 1 amide bonds. The Hall–Kier alpha value is -1.65.